The molecule has 0 aliphatic rings. The third-order valence-corrected chi connectivity index (χ3v) is 3.70. The highest BCUT2D eigenvalue weighted by Gasteiger charge is 2.10. The minimum absolute atomic E-state index is 0.152. The van der Waals surface area contributed by atoms with Crippen LogP contribution in [0, 0.1) is 6.92 Å². The number of aromatic nitrogens is 1. The van der Waals surface area contributed by atoms with Crippen molar-refractivity contribution in [1.29, 1.82) is 0 Å². The number of ether oxygens (including phenoxy) is 1. The Hall–Kier alpha value is -3.61. The lowest BCUT2D eigenvalue weighted by molar-refractivity contribution is -0.116. The number of nitrogens with zero attached hydrogens (tertiary/aromatic N) is 1. The van der Waals surface area contributed by atoms with Crippen molar-refractivity contribution >= 4 is 17.5 Å². The Morgan fingerprint density at radius 3 is 2.78 bits per heavy atom. The van der Waals surface area contributed by atoms with Crippen molar-refractivity contribution in [2.24, 2.45) is 0 Å². The van der Waals surface area contributed by atoms with Crippen molar-refractivity contribution in [3.63, 3.8) is 0 Å². The molecule has 0 saturated heterocycles. The normalized spacial score (nSPS) is 10.3. The number of hydrogen-bond acceptors (Lipinski definition) is 5. The van der Waals surface area contributed by atoms with Crippen LogP contribution < -0.4 is 15.4 Å². The van der Waals surface area contributed by atoms with E-state index >= 15 is 0 Å². The van der Waals surface area contributed by atoms with Gasteiger partial charge in [0.2, 0.25) is 5.91 Å². The first-order valence-electron chi connectivity index (χ1n) is 8.42. The number of aryl methyl sites for hydroxylation is 1. The number of benzene rings is 1. The lowest BCUT2D eigenvalue weighted by Gasteiger charge is -2.11. The Morgan fingerprint density at radius 1 is 1.19 bits per heavy atom. The van der Waals surface area contributed by atoms with Gasteiger partial charge in [-0.1, -0.05) is 0 Å². The van der Waals surface area contributed by atoms with Crippen LogP contribution in [-0.2, 0) is 4.79 Å². The fourth-order valence-corrected chi connectivity index (χ4v) is 2.38. The molecule has 0 bridgehead atoms. The molecule has 0 spiro atoms. The number of carbonyl (C=O) groups is 2. The third kappa shape index (κ3) is 5.18. The topological polar surface area (TPSA) is 93.5 Å². The predicted octanol–water partition coefficient (Wildman–Crippen LogP) is 3.53. The van der Waals surface area contributed by atoms with E-state index in [9.17, 15) is 9.59 Å². The Kier molecular flexibility index (Phi) is 5.84. The fraction of sp³-hybridized carbons (Fsp3) is 0.150. The standard InChI is InChI=1S/C20H19N3O4/c1-14-12-15(6-7-17(14)27-16-4-2-9-21-13-16)23-19(24)8-10-22-20(25)18-5-3-11-26-18/h2-7,9,11-13H,8,10H2,1H3,(H,22,25)(H,23,24). The van der Waals surface area contributed by atoms with Gasteiger partial charge in [-0.15, -0.1) is 0 Å². The van der Waals surface area contributed by atoms with Gasteiger partial charge in [0.1, 0.15) is 11.5 Å². The van der Waals surface area contributed by atoms with Crippen LogP contribution in [0.2, 0.25) is 0 Å². The molecule has 0 radical (unpaired) electrons. The Balaban J connectivity index is 1.49. The van der Waals surface area contributed by atoms with Crippen molar-refractivity contribution in [1.82, 2.24) is 10.3 Å². The smallest absolute Gasteiger partial charge is 0.286 e. The van der Waals surface area contributed by atoms with E-state index in [0.29, 0.717) is 17.2 Å². The largest absolute Gasteiger partial charge is 0.459 e. The average molecular weight is 365 g/mol. The molecule has 3 aromatic rings. The van der Waals surface area contributed by atoms with Crippen molar-refractivity contribution in [3.8, 4) is 11.5 Å². The van der Waals surface area contributed by atoms with Crippen LogP contribution >= 0.6 is 0 Å². The summed E-state index contributed by atoms with van der Waals surface area (Å²) in [5.41, 5.74) is 1.54. The van der Waals surface area contributed by atoms with Crippen molar-refractivity contribution in [2.45, 2.75) is 13.3 Å². The van der Waals surface area contributed by atoms with Crippen molar-refractivity contribution in [3.05, 3.63) is 72.4 Å². The van der Waals surface area contributed by atoms with Gasteiger partial charge in [0.15, 0.2) is 5.76 Å². The Bertz CT molecular complexity index is 908. The zero-order chi connectivity index (χ0) is 19.1. The molecule has 2 aromatic heterocycles. The summed E-state index contributed by atoms with van der Waals surface area (Å²) < 4.78 is 10.8. The van der Waals surface area contributed by atoms with E-state index < -0.39 is 0 Å². The maximum atomic E-state index is 12.0. The molecule has 0 fully saturated rings. The summed E-state index contributed by atoms with van der Waals surface area (Å²) in [5.74, 6) is 1.00. The van der Waals surface area contributed by atoms with E-state index in [4.69, 9.17) is 9.15 Å². The first kappa shape index (κ1) is 18.2. The van der Waals surface area contributed by atoms with E-state index in [1.807, 2.05) is 19.1 Å². The predicted molar refractivity (Wildman–Crippen MR) is 99.8 cm³/mol. The van der Waals surface area contributed by atoms with Gasteiger partial charge in [0, 0.05) is 24.8 Å². The molecule has 0 atom stereocenters. The van der Waals surface area contributed by atoms with E-state index in [-0.39, 0.29) is 30.5 Å². The number of nitrogens with one attached hydrogen (secondary N) is 2. The summed E-state index contributed by atoms with van der Waals surface area (Å²) in [4.78, 5) is 27.8. The summed E-state index contributed by atoms with van der Waals surface area (Å²) in [6.07, 6.45) is 4.88. The molecule has 138 valence electrons. The van der Waals surface area contributed by atoms with Crippen LogP contribution in [0.15, 0.2) is 65.5 Å². The fourth-order valence-electron chi connectivity index (χ4n) is 2.38. The summed E-state index contributed by atoms with van der Waals surface area (Å²) in [7, 11) is 0. The van der Waals surface area contributed by atoms with Crippen molar-refractivity contribution < 1.29 is 18.7 Å². The lowest BCUT2D eigenvalue weighted by atomic mass is 10.2. The molecule has 1 aromatic carbocycles. The van der Waals surface area contributed by atoms with Crippen LogP contribution in [-0.4, -0.2) is 23.3 Å². The van der Waals surface area contributed by atoms with Crippen LogP contribution in [0.3, 0.4) is 0 Å². The van der Waals surface area contributed by atoms with Crippen LogP contribution in [0.1, 0.15) is 22.5 Å². The SMILES string of the molecule is Cc1cc(NC(=O)CCNC(=O)c2ccco2)ccc1Oc1cccnc1. The molecular weight excluding hydrogens is 346 g/mol. The monoisotopic (exact) mass is 365 g/mol. The minimum atomic E-state index is -0.347. The number of anilines is 1. The average Bonchev–Trinajstić information content (AvgIpc) is 3.20. The van der Waals surface area contributed by atoms with Crippen LogP contribution in [0.5, 0.6) is 11.5 Å². The molecule has 0 aliphatic carbocycles. The highest BCUT2D eigenvalue weighted by atomic mass is 16.5. The summed E-state index contributed by atoms with van der Waals surface area (Å²) in [5, 5.41) is 5.43. The second-order valence-corrected chi connectivity index (χ2v) is 5.80. The Labute approximate surface area is 156 Å². The molecule has 0 aliphatic heterocycles. The molecule has 7 heteroatoms. The van der Waals surface area contributed by atoms with Gasteiger partial charge in [0.25, 0.3) is 5.91 Å². The van der Waals surface area contributed by atoms with Gasteiger partial charge in [-0.2, -0.15) is 0 Å². The number of carbonyl (C=O) groups excluding carboxylic acids is 2. The molecule has 0 saturated carbocycles. The molecule has 2 N–H and O–H groups in total. The number of furan rings is 1. The molecule has 27 heavy (non-hydrogen) atoms. The third-order valence-electron chi connectivity index (χ3n) is 3.70. The molecule has 3 rings (SSSR count). The zero-order valence-corrected chi connectivity index (χ0v) is 14.8. The van der Waals surface area contributed by atoms with Gasteiger partial charge in [-0.3, -0.25) is 14.6 Å². The number of rotatable bonds is 7. The summed E-state index contributed by atoms with van der Waals surface area (Å²) >= 11 is 0. The molecule has 2 heterocycles. The van der Waals surface area contributed by atoms with E-state index in [2.05, 4.69) is 15.6 Å². The molecule has 7 nitrogen and oxygen atoms in total. The highest BCUT2D eigenvalue weighted by molar-refractivity contribution is 5.93. The quantitative estimate of drug-likeness (QED) is 0.668. The zero-order valence-electron chi connectivity index (χ0n) is 14.8. The maximum absolute atomic E-state index is 12.0. The first-order valence-corrected chi connectivity index (χ1v) is 8.42. The van der Waals surface area contributed by atoms with Gasteiger partial charge >= 0.3 is 0 Å². The van der Waals surface area contributed by atoms with Gasteiger partial charge in [0.05, 0.1) is 12.5 Å². The van der Waals surface area contributed by atoms with Crippen molar-refractivity contribution in [2.75, 3.05) is 11.9 Å². The van der Waals surface area contributed by atoms with Crippen LogP contribution in [0.4, 0.5) is 5.69 Å². The van der Waals surface area contributed by atoms with Gasteiger partial charge < -0.3 is 19.8 Å². The number of pyridine rings is 1. The summed E-state index contributed by atoms with van der Waals surface area (Å²) in [6, 6.07) is 12.2. The Morgan fingerprint density at radius 2 is 2.07 bits per heavy atom. The second-order valence-electron chi connectivity index (χ2n) is 5.80. The number of amides is 2. The summed E-state index contributed by atoms with van der Waals surface area (Å²) in [6.45, 7) is 2.11. The van der Waals surface area contributed by atoms with Gasteiger partial charge in [-0.25, -0.2) is 0 Å². The van der Waals surface area contributed by atoms with E-state index in [1.165, 1.54) is 6.26 Å². The molecule has 2 amide bonds. The van der Waals surface area contributed by atoms with E-state index in [0.717, 1.165) is 5.56 Å². The maximum Gasteiger partial charge on any atom is 0.286 e. The van der Waals surface area contributed by atoms with E-state index in [1.54, 1.807) is 42.7 Å². The lowest BCUT2D eigenvalue weighted by Crippen LogP contribution is -2.27. The second kappa shape index (κ2) is 8.66. The first-order chi connectivity index (χ1) is 13.1. The number of hydrogen-bond donors (Lipinski definition) is 2. The molecule has 0 unspecified atom stereocenters. The molecular formula is C20H19N3O4. The highest BCUT2D eigenvalue weighted by Crippen LogP contribution is 2.26. The van der Waals surface area contributed by atoms with Gasteiger partial charge in [-0.05, 0) is 55.0 Å². The van der Waals surface area contributed by atoms with Crippen LogP contribution in [0.25, 0.3) is 0 Å². The minimum Gasteiger partial charge on any atom is -0.459 e.